The summed E-state index contributed by atoms with van der Waals surface area (Å²) in [7, 11) is 1.69. The van der Waals surface area contributed by atoms with Gasteiger partial charge >= 0.3 is 0 Å². The second-order valence-corrected chi connectivity index (χ2v) is 5.85. The molecule has 114 valence electrons. The molecule has 0 bridgehead atoms. The minimum atomic E-state index is 0.0535. The molecule has 0 aliphatic heterocycles. The third kappa shape index (κ3) is 4.33. The van der Waals surface area contributed by atoms with E-state index in [0.29, 0.717) is 5.92 Å². The Morgan fingerprint density at radius 1 is 1.33 bits per heavy atom. The lowest BCUT2D eigenvalue weighted by atomic mass is 10.0. The van der Waals surface area contributed by atoms with Crippen LogP contribution in [0.4, 0.5) is 0 Å². The van der Waals surface area contributed by atoms with Crippen LogP contribution in [0.5, 0.6) is 5.75 Å². The lowest BCUT2D eigenvalue weighted by Gasteiger charge is -2.16. The Hall–Kier alpha value is -1.81. The van der Waals surface area contributed by atoms with E-state index in [1.807, 2.05) is 24.7 Å². The van der Waals surface area contributed by atoms with Gasteiger partial charge in [0.2, 0.25) is 0 Å². The highest BCUT2D eigenvalue weighted by Crippen LogP contribution is 2.19. The topological polar surface area (TPSA) is 53.1 Å². The van der Waals surface area contributed by atoms with Crippen molar-refractivity contribution in [3.8, 4) is 5.75 Å². The number of aryl methyl sites for hydroxylation is 2. The Bertz CT molecular complexity index is 563. The molecule has 0 amide bonds. The molecular formula is C17H25N3O. The Morgan fingerprint density at radius 2 is 2.14 bits per heavy atom. The molecule has 4 nitrogen and oxygen atoms in total. The second-order valence-electron chi connectivity index (χ2n) is 5.85. The van der Waals surface area contributed by atoms with Gasteiger partial charge in [0, 0.05) is 18.8 Å². The van der Waals surface area contributed by atoms with E-state index in [-0.39, 0.29) is 6.04 Å². The average molecular weight is 287 g/mol. The van der Waals surface area contributed by atoms with Gasteiger partial charge in [-0.3, -0.25) is 0 Å². The monoisotopic (exact) mass is 287 g/mol. The minimum absolute atomic E-state index is 0.0535. The molecule has 2 aromatic rings. The number of benzene rings is 1. The van der Waals surface area contributed by atoms with Crippen LogP contribution >= 0.6 is 0 Å². The molecule has 2 N–H and O–H groups in total. The molecule has 1 aromatic heterocycles. The molecule has 1 aromatic carbocycles. The fourth-order valence-corrected chi connectivity index (χ4v) is 2.53. The summed E-state index contributed by atoms with van der Waals surface area (Å²) in [5, 5.41) is 0. The van der Waals surface area contributed by atoms with E-state index in [9.17, 15) is 0 Å². The standard InChI is InChI=1S/C17H25N3O/c1-13(2)9-16(18)17-11-19-12-20(17)8-7-14-5-4-6-15(10-14)21-3/h4-6,10-13,16H,7-9,18H2,1-3H3. The molecular weight excluding hydrogens is 262 g/mol. The van der Waals surface area contributed by atoms with Crippen molar-refractivity contribution in [2.75, 3.05) is 7.11 Å². The van der Waals surface area contributed by atoms with Gasteiger partial charge in [-0.25, -0.2) is 4.98 Å². The van der Waals surface area contributed by atoms with Crippen LogP contribution in [-0.4, -0.2) is 16.7 Å². The predicted molar refractivity (Wildman–Crippen MR) is 85.3 cm³/mol. The maximum absolute atomic E-state index is 6.27. The number of aromatic nitrogens is 2. The molecule has 0 aliphatic rings. The molecule has 0 fully saturated rings. The number of ether oxygens (including phenoxy) is 1. The van der Waals surface area contributed by atoms with Crippen molar-refractivity contribution in [1.82, 2.24) is 9.55 Å². The fourth-order valence-electron chi connectivity index (χ4n) is 2.53. The van der Waals surface area contributed by atoms with E-state index in [1.165, 1.54) is 5.56 Å². The molecule has 1 heterocycles. The summed E-state index contributed by atoms with van der Waals surface area (Å²) in [5.74, 6) is 1.48. The minimum Gasteiger partial charge on any atom is -0.497 e. The highest BCUT2D eigenvalue weighted by Gasteiger charge is 2.13. The van der Waals surface area contributed by atoms with Crippen LogP contribution < -0.4 is 10.5 Å². The lowest BCUT2D eigenvalue weighted by molar-refractivity contribution is 0.414. The Kier molecular flexibility index (Phi) is 5.39. The van der Waals surface area contributed by atoms with Crippen molar-refractivity contribution in [2.45, 2.75) is 39.3 Å². The Balaban J connectivity index is 2.02. The van der Waals surface area contributed by atoms with Crippen molar-refractivity contribution in [2.24, 2.45) is 11.7 Å². The molecule has 0 saturated heterocycles. The maximum Gasteiger partial charge on any atom is 0.119 e. The van der Waals surface area contributed by atoms with Gasteiger partial charge in [-0.1, -0.05) is 26.0 Å². The molecule has 0 saturated carbocycles. The van der Waals surface area contributed by atoms with Gasteiger partial charge in [-0.15, -0.1) is 0 Å². The van der Waals surface area contributed by atoms with Gasteiger partial charge in [0.1, 0.15) is 5.75 Å². The summed E-state index contributed by atoms with van der Waals surface area (Å²) >= 11 is 0. The summed E-state index contributed by atoms with van der Waals surface area (Å²) in [6, 6.07) is 8.23. The van der Waals surface area contributed by atoms with Gasteiger partial charge in [0.25, 0.3) is 0 Å². The first-order chi connectivity index (χ1) is 10.1. The smallest absolute Gasteiger partial charge is 0.119 e. The van der Waals surface area contributed by atoms with Crippen LogP contribution in [0, 0.1) is 5.92 Å². The van der Waals surface area contributed by atoms with Crippen molar-refractivity contribution in [1.29, 1.82) is 0 Å². The lowest BCUT2D eigenvalue weighted by Crippen LogP contribution is -2.17. The van der Waals surface area contributed by atoms with Crippen molar-refractivity contribution in [3.63, 3.8) is 0 Å². The van der Waals surface area contributed by atoms with E-state index in [2.05, 4.69) is 35.5 Å². The molecule has 1 atom stereocenters. The van der Waals surface area contributed by atoms with Gasteiger partial charge in [-0.05, 0) is 36.5 Å². The average Bonchev–Trinajstić information content (AvgIpc) is 2.93. The Morgan fingerprint density at radius 3 is 2.86 bits per heavy atom. The zero-order chi connectivity index (χ0) is 15.2. The molecule has 0 spiro atoms. The first-order valence-corrected chi connectivity index (χ1v) is 7.48. The fraction of sp³-hybridized carbons (Fsp3) is 0.471. The molecule has 2 rings (SSSR count). The zero-order valence-corrected chi connectivity index (χ0v) is 13.1. The van der Waals surface area contributed by atoms with Crippen LogP contribution in [0.15, 0.2) is 36.8 Å². The van der Waals surface area contributed by atoms with Crippen LogP contribution in [0.2, 0.25) is 0 Å². The summed E-state index contributed by atoms with van der Waals surface area (Å²) in [6.45, 7) is 5.27. The summed E-state index contributed by atoms with van der Waals surface area (Å²) in [5.41, 5.74) is 8.65. The molecule has 1 unspecified atom stereocenters. The van der Waals surface area contributed by atoms with E-state index in [0.717, 1.165) is 30.8 Å². The quantitative estimate of drug-likeness (QED) is 0.851. The number of methoxy groups -OCH3 is 1. The van der Waals surface area contributed by atoms with Crippen LogP contribution in [-0.2, 0) is 13.0 Å². The number of imidazole rings is 1. The maximum atomic E-state index is 6.27. The molecule has 0 aliphatic carbocycles. The number of nitrogens with zero attached hydrogens (tertiary/aromatic N) is 2. The predicted octanol–water partition coefficient (Wildman–Crippen LogP) is 3.18. The van der Waals surface area contributed by atoms with Gasteiger partial charge in [-0.2, -0.15) is 0 Å². The molecule has 0 radical (unpaired) electrons. The van der Waals surface area contributed by atoms with Crippen molar-refractivity contribution in [3.05, 3.63) is 48.0 Å². The van der Waals surface area contributed by atoms with E-state index < -0.39 is 0 Å². The number of hydrogen-bond donors (Lipinski definition) is 1. The van der Waals surface area contributed by atoms with Gasteiger partial charge in [0.15, 0.2) is 0 Å². The normalized spacial score (nSPS) is 12.6. The molecule has 21 heavy (non-hydrogen) atoms. The third-order valence-electron chi connectivity index (χ3n) is 3.63. The largest absolute Gasteiger partial charge is 0.497 e. The summed E-state index contributed by atoms with van der Waals surface area (Å²) in [6.07, 6.45) is 5.67. The Labute approximate surface area is 127 Å². The first-order valence-electron chi connectivity index (χ1n) is 7.48. The highest BCUT2D eigenvalue weighted by molar-refractivity contribution is 5.28. The third-order valence-corrected chi connectivity index (χ3v) is 3.63. The SMILES string of the molecule is COc1cccc(CCn2cncc2C(N)CC(C)C)c1. The number of nitrogens with two attached hydrogens (primary N) is 1. The van der Waals surface area contributed by atoms with Gasteiger partial charge < -0.3 is 15.0 Å². The van der Waals surface area contributed by atoms with Crippen molar-refractivity contribution < 1.29 is 4.74 Å². The van der Waals surface area contributed by atoms with Gasteiger partial charge in [0.05, 0.1) is 19.1 Å². The summed E-state index contributed by atoms with van der Waals surface area (Å²) in [4.78, 5) is 4.25. The molecule has 4 heteroatoms. The van der Waals surface area contributed by atoms with E-state index in [1.54, 1.807) is 7.11 Å². The highest BCUT2D eigenvalue weighted by atomic mass is 16.5. The number of rotatable bonds is 7. The second kappa shape index (κ2) is 7.27. The van der Waals surface area contributed by atoms with Crippen molar-refractivity contribution >= 4 is 0 Å². The van der Waals surface area contributed by atoms with E-state index in [4.69, 9.17) is 10.5 Å². The van der Waals surface area contributed by atoms with E-state index >= 15 is 0 Å². The number of hydrogen-bond acceptors (Lipinski definition) is 3. The first kappa shape index (κ1) is 15.6. The van der Waals surface area contributed by atoms with Crippen LogP contribution in [0.3, 0.4) is 0 Å². The van der Waals surface area contributed by atoms with Crippen LogP contribution in [0.1, 0.15) is 37.6 Å². The summed E-state index contributed by atoms with van der Waals surface area (Å²) < 4.78 is 7.42. The zero-order valence-electron chi connectivity index (χ0n) is 13.1. The van der Waals surface area contributed by atoms with Crippen LogP contribution in [0.25, 0.3) is 0 Å².